The molecule has 0 unspecified atom stereocenters. The minimum atomic E-state index is 0.620. The number of rotatable bonds is 3. The normalized spacial score (nSPS) is 11.2. The fourth-order valence-electron chi connectivity index (χ4n) is 3.51. The molecule has 5 rings (SSSR count). The van der Waals surface area contributed by atoms with Gasteiger partial charge >= 0.3 is 0 Å². The van der Waals surface area contributed by atoms with Crippen molar-refractivity contribution in [3.8, 4) is 17.3 Å². The van der Waals surface area contributed by atoms with E-state index in [0.29, 0.717) is 17.7 Å². The number of hydrogen-bond acceptors (Lipinski definition) is 4. The number of fused-ring (bicyclic) bond motifs is 3. The van der Waals surface area contributed by atoms with E-state index in [9.17, 15) is 0 Å². The summed E-state index contributed by atoms with van der Waals surface area (Å²) < 4.78 is 2.12. The van der Waals surface area contributed by atoms with Gasteiger partial charge in [0.15, 0.2) is 5.82 Å². The molecule has 0 saturated carbocycles. The van der Waals surface area contributed by atoms with Crippen molar-refractivity contribution in [1.29, 1.82) is 0 Å². The van der Waals surface area contributed by atoms with Crippen molar-refractivity contribution in [1.82, 2.24) is 19.5 Å². The highest BCUT2D eigenvalue weighted by Crippen LogP contribution is 2.31. The van der Waals surface area contributed by atoms with Crippen molar-refractivity contribution in [2.75, 3.05) is 19.0 Å². The van der Waals surface area contributed by atoms with Gasteiger partial charge in [-0.2, -0.15) is 15.0 Å². The van der Waals surface area contributed by atoms with Gasteiger partial charge in [0.05, 0.1) is 11.0 Å². The first-order valence-corrected chi connectivity index (χ1v) is 9.20. The lowest BCUT2D eigenvalue weighted by Gasteiger charge is -2.14. The zero-order valence-electron chi connectivity index (χ0n) is 15.7. The van der Waals surface area contributed by atoms with Gasteiger partial charge in [0, 0.05) is 30.4 Å². The van der Waals surface area contributed by atoms with Crippen LogP contribution in [-0.2, 0) is 0 Å². The van der Waals surface area contributed by atoms with Crippen LogP contribution in [0.4, 0.5) is 5.95 Å². The summed E-state index contributed by atoms with van der Waals surface area (Å²) in [5.74, 6) is 1.91. The summed E-state index contributed by atoms with van der Waals surface area (Å²) in [7, 11) is 3.89. The maximum Gasteiger partial charge on any atom is 0.240 e. The summed E-state index contributed by atoms with van der Waals surface area (Å²) >= 11 is 0. The summed E-state index contributed by atoms with van der Waals surface area (Å²) in [6.07, 6.45) is 0. The fraction of sp³-hybridized carbons (Fsp3) is 0.0870. The molecule has 0 aliphatic carbocycles. The smallest absolute Gasteiger partial charge is 0.240 e. The van der Waals surface area contributed by atoms with E-state index in [0.717, 1.165) is 16.6 Å². The van der Waals surface area contributed by atoms with Gasteiger partial charge in [-0.05, 0) is 12.1 Å². The van der Waals surface area contributed by atoms with Gasteiger partial charge in [0.2, 0.25) is 11.9 Å². The Labute approximate surface area is 162 Å². The fourth-order valence-corrected chi connectivity index (χ4v) is 3.51. The van der Waals surface area contributed by atoms with Crippen molar-refractivity contribution >= 4 is 27.8 Å². The third kappa shape index (κ3) is 2.60. The summed E-state index contributed by atoms with van der Waals surface area (Å²) in [6.45, 7) is 0. The van der Waals surface area contributed by atoms with Gasteiger partial charge in [-0.3, -0.25) is 4.57 Å². The highest BCUT2D eigenvalue weighted by atomic mass is 15.3. The molecule has 0 saturated heterocycles. The summed E-state index contributed by atoms with van der Waals surface area (Å²) in [6, 6.07) is 26.7. The van der Waals surface area contributed by atoms with Crippen LogP contribution in [0.1, 0.15) is 0 Å². The molecular weight excluding hydrogens is 346 g/mol. The van der Waals surface area contributed by atoms with Gasteiger partial charge in [-0.1, -0.05) is 66.7 Å². The zero-order chi connectivity index (χ0) is 19.1. The Morgan fingerprint density at radius 3 is 1.82 bits per heavy atom. The van der Waals surface area contributed by atoms with Crippen LogP contribution in [0, 0.1) is 0 Å². The van der Waals surface area contributed by atoms with Crippen LogP contribution in [-0.4, -0.2) is 33.6 Å². The maximum atomic E-state index is 4.84. The van der Waals surface area contributed by atoms with Gasteiger partial charge < -0.3 is 4.90 Å². The monoisotopic (exact) mass is 365 g/mol. The Morgan fingerprint density at radius 1 is 0.643 bits per heavy atom. The van der Waals surface area contributed by atoms with Gasteiger partial charge in [0.25, 0.3) is 0 Å². The molecule has 2 heterocycles. The van der Waals surface area contributed by atoms with Gasteiger partial charge in [-0.25, -0.2) is 0 Å². The van der Waals surface area contributed by atoms with Crippen LogP contribution < -0.4 is 4.90 Å². The highest BCUT2D eigenvalue weighted by molar-refractivity contribution is 6.08. The lowest BCUT2D eigenvalue weighted by molar-refractivity contribution is 0.907. The molecule has 28 heavy (non-hydrogen) atoms. The minimum absolute atomic E-state index is 0.620. The van der Waals surface area contributed by atoms with Gasteiger partial charge in [-0.15, -0.1) is 0 Å². The van der Waals surface area contributed by atoms with Gasteiger partial charge in [0.1, 0.15) is 0 Å². The standard InChI is InChI=1S/C23H19N5/c1-27(2)22-24-21(16-10-4-3-5-11-16)25-23(26-22)28-19-14-8-6-12-17(19)18-13-7-9-15-20(18)28/h3-15H,1-2H3. The molecule has 2 aromatic heterocycles. The van der Waals surface area contributed by atoms with E-state index in [1.54, 1.807) is 0 Å². The average molecular weight is 365 g/mol. The molecule has 0 bridgehead atoms. The lowest BCUT2D eigenvalue weighted by atomic mass is 10.2. The SMILES string of the molecule is CN(C)c1nc(-c2ccccc2)nc(-n2c3ccccc3c3ccccc32)n1. The molecule has 0 aliphatic rings. The van der Waals surface area contributed by atoms with Crippen LogP contribution in [0.15, 0.2) is 78.9 Å². The average Bonchev–Trinajstić information content (AvgIpc) is 3.08. The molecule has 0 atom stereocenters. The molecule has 3 aromatic carbocycles. The first-order chi connectivity index (χ1) is 13.7. The summed E-state index contributed by atoms with van der Waals surface area (Å²) in [4.78, 5) is 16.2. The van der Waals surface area contributed by atoms with E-state index >= 15 is 0 Å². The number of benzene rings is 3. The highest BCUT2D eigenvalue weighted by Gasteiger charge is 2.16. The second kappa shape index (κ2) is 6.46. The van der Waals surface area contributed by atoms with Crippen molar-refractivity contribution in [3.63, 3.8) is 0 Å². The second-order valence-electron chi connectivity index (χ2n) is 6.89. The summed E-state index contributed by atoms with van der Waals surface area (Å²) in [5.41, 5.74) is 3.13. The summed E-state index contributed by atoms with van der Waals surface area (Å²) in [5, 5.41) is 2.37. The number of anilines is 1. The van der Waals surface area contributed by atoms with E-state index in [1.807, 2.05) is 61.5 Å². The number of aromatic nitrogens is 4. The van der Waals surface area contributed by atoms with Crippen molar-refractivity contribution in [2.24, 2.45) is 0 Å². The largest absolute Gasteiger partial charge is 0.347 e. The van der Waals surface area contributed by atoms with E-state index in [2.05, 4.69) is 45.9 Å². The third-order valence-corrected chi connectivity index (χ3v) is 4.82. The van der Waals surface area contributed by atoms with Crippen LogP contribution in [0.5, 0.6) is 0 Å². The Bertz CT molecular complexity index is 1240. The molecule has 0 N–H and O–H groups in total. The quantitative estimate of drug-likeness (QED) is 0.465. The molecule has 0 aliphatic heterocycles. The molecule has 0 spiro atoms. The molecular formula is C23H19N5. The van der Waals surface area contributed by atoms with E-state index < -0.39 is 0 Å². The zero-order valence-corrected chi connectivity index (χ0v) is 15.7. The van der Waals surface area contributed by atoms with Crippen LogP contribution >= 0.6 is 0 Å². The molecule has 136 valence electrons. The second-order valence-corrected chi connectivity index (χ2v) is 6.89. The minimum Gasteiger partial charge on any atom is -0.347 e. The van der Waals surface area contributed by atoms with Crippen molar-refractivity contribution < 1.29 is 0 Å². The Hall–Kier alpha value is -3.73. The molecule has 5 nitrogen and oxygen atoms in total. The predicted octanol–water partition coefficient (Wildman–Crippen LogP) is 4.70. The van der Waals surface area contributed by atoms with E-state index in [4.69, 9.17) is 9.97 Å². The van der Waals surface area contributed by atoms with Crippen molar-refractivity contribution in [3.05, 3.63) is 78.9 Å². The predicted molar refractivity (Wildman–Crippen MR) is 114 cm³/mol. The molecule has 0 radical (unpaired) electrons. The first-order valence-electron chi connectivity index (χ1n) is 9.20. The van der Waals surface area contributed by atoms with Crippen LogP contribution in [0.25, 0.3) is 39.1 Å². The number of para-hydroxylation sites is 2. The van der Waals surface area contributed by atoms with E-state index in [1.165, 1.54) is 10.8 Å². The lowest BCUT2D eigenvalue weighted by Crippen LogP contribution is -2.16. The number of nitrogens with zero attached hydrogens (tertiary/aromatic N) is 5. The Morgan fingerprint density at radius 2 is 1.21 bits per heavy atom. The topological polar surface area (TPSA) is 46.8 Å². The number of hydrogen-bond donors (Lipinski definition) is 0. The maximum absolute atomic E-state index is 4.84. The van der Waals surface area contributed by atoms with Crippen molar-refractivity contribution in [2.45, 2.75) is 0 Å². The van der Waals surface area contributed by atoms with Crippen LogP contribution in [0.3, 0.4) is 0 Å². The molecule has 0 fully saturated rings. The Balaban J connectivity index is 1.85. The van der Waals surface area contributed by atoms with Crippen LogP contribution in [0.2, 0.25) is 0 Å². The third-order valence-electron chi connectivity index (χ3n) is 4.82. The Kier molecular flexibility index (Phi) is 3.79. The van der Waals surface area contributed by atoms with E-state index in [-0.39, 0.29) is 0 Å². The molecule has 5 heteroatoms. The molecule has 5 aromatic rings. The molecule has 0 amide bonds. The first kappa shape index (κ1) is 16.4.